The molecule has 0 aromatic carbocycles. The Labute approximate surface area is 121 Å². The van der Waals surface area contributed by atoms with E-state index < -0.39 is 0 Å². The summed E-state index contributed by atoms with van der Waals surface area (Å²) in [5, 5.41) is 3.76. The van der Waals surface area contributed by atoms with Crippen molar-refractivity contribution in [1.29, 1.82) is 0 Å². The summed E-state index contributed by atoms with van der Waals surface area (Å²) in [6.07, 6.45) is 4.70. The molecule has 1 saturated carbocycles. The molecular weight excluding hydrogens is 250 g/mol. The summed E-state index contributed by atoms with van der Waals surface area (Å²) in [5.41, 5.74) is 1.56. The summed E-state index contributed by atoms with van der Waals surface area (Å²) in [7, 11) is 1.65. The Morgan fingerprint density at radius 1 is 1.45 bits per heavy atom. The van der Waals surface area contributed by atoms with Crippen LogP contribution in [0.3, 0.4) is 0 Å². The van der Waals surface area contributed by atoms with Crippen LogP contribution < -0.4 is 10.1 Å². The molecule has 1 N–H and O–H groups in total. The van der Waals surface area contributed by atoms with E-state index in [1.807, 2.05) is 12.3 Å². The van der Waals surface area contributed by atoms with Crippen molar-refractivity contribution in [3.05, 3.63) is 23.9 Å². The van der Waals surface area contributed by atoms with Gasteiger partial charge in [0.25, 0.3) is 0 Å². The maximum atomic E-state index is 5.12. The average Bonchev–Trinajstić information content (AvgIpc) is 3.29. The number of piperazine rings is 1. The second-order valence-corrected chi connectivity index (χ2v) is 6.54. The lowest BCUT2D eigenvalue weighted by molar-refractivity contribution is 0.0769. The van der Waals surface area contributed by atoms with Crippen molar-refractivity contribution in [3.63, 3.8) is 0 Å². The highest BCUT2D eigenvalue weighted by Crippen LogP contribution is 2.41. The van der Waals surface area contributed by atoms with Gasteiger partial charge in [0, 0.05) is 43.5 Å². The van der Waals surface area contributed by atoms with E-state index in [0.29, 0.717) is 17.5 Å². The predicted molar refractivity (Wildman–Crippen MR) is 79.8 cm³/mol. The van der Waals surface area contributed by atoms with E-state index in [9.17, 15) is 0 Å². The standard InChI is InChI=1S/C16H25N3O/c1-12-8-18-16(2,14-5-6-14)11-19(12)10-13-4-7-15(20-3)17-9-13/h4,7,9,12,14,18H,5-6,8,10-11H2,1-3H3. The number of methoxy groups -OCH3 is 1. The van der Waals surface area contributed by atoms with Crippen LogP contribution in [0, 0.1) is 5.92 Å². The van der Waals surface area contributed by atoms with Crippen LogP contribution in [0.1, 0.15) is 32.3 Å². The van der Waals surface area contributed by atoms with Crippen molar-refractivity contribution < 1.29 is 4.74 Å². The molecule has 2 atom stereocenters. The minimum atomic E-state index is 0.298. The second kappa shape index (κ2) is 5.34. The summed E-state index contributed by atoms with van der Waals surface area (Å²) in [6, 6.07) is 4.64. The van der Waals surface area contributed by atoms with Gasteiger partial charge in [-0.3, -0.25) is 4.90 Å². The molecule has 1 aromatic rings. The first-order chi connectivity index (χ1) is 9.60. The highest BCUT2D eigenvalue weighted by molar-refractivity contribution is 5.18. The molecule has 110 valence electrons. The van der Waals surface area contributed by atoms with Crippen LogP contribution in [0.4, 0.5) is 0 Å². The molecule has 2 unspecified atom stereocenters. The molecule has 4 nitrogen and oxygen atoms in total. The minimum Gasteiger partial charge on any atom is -0.481 e. The summed E-state index contributed by atoms with van der Waals surface area (Å²) >= 11 is 0. The van der Waals surface area contributed by atoms with E-state index in [2.05, 4.69) is 35.1 Å². The molecule has 0 radical (unpaired) electrons. The van der Waals surface area contributed by atoms with Crippen molar-refractivity contribution in [3.8, 4) is 5.88 Å². The van der Waals surface area contributed by atoms with Gasteiger partial charge in [-0.1, -0.05) is 6.07 Å². The molecule has 0 bridgehead atoms. The molecule has 0 amide bonds. The largest absolute Gasteiger partial charge is 0.481 e. The summed E-state index contributed by atoms with van der Waals surface area (Å²) in [5.74, 6) is 1.55. The molecule has 1 aliphatic carbocycles. The zero-order valence-electron chi connectivity index (χ0n) is 12.7. The second-order valence-electron chi connectivity index (χ2n) is 6.54. The van der Waals surface area contributed by atoms with Crippen molar-refractivity contribution in [2.24, 2.45) is 5.92 Å². The van der Waals surface area contributed by atoms with Crippen LogP contribution in [0.25, 0.3) is 0 Å². The lowest BCUT2D eigenvalue weighted by Gasteiger charge is -2.45. The van der Waals surface area contributed by atoms with E-state index in [-0.39, 0.29) is 0 Å². The van der Waals surface area contributed by atoms with Gasteiger partial charge >= 0.3 is 0 Å². The third kappa shape index (κ3) is 2.81. The third-order valence-corrected chi connectivity index (χ3v) is 4.83. The Morgan fingerprint density at radius 3 is 2.85 bits per heavy atom. The van der Waals surface area contributed by atoms with Crippen LogP contribution in [-0.4, -0.2) is 41.7 Å². The Hall–Kier alpha value is -1.13. The first kappa shape index (κ1) is 13.8. The lowest BCUT2D eigenvalue weighted by atomic mass is 9.91. The highest BCUT2D eigenvalue weighted by atomic mass is 16.5. The third-order valence-electron chi connectivity index (χ3n) is 4.83. The monoisotopic (exact) mass is 275 g/mol. The maximum absolute atomic E-state index is 5.12. The molecule has 2 heterocycles. The van der Waals surface area contributed by atoms with Crippen molar-refractivity contribution in [2.45, 2.75) is 44.8 Å². The SMILES string of the molecule is COc1ccc(CN2CC(C)(C3CC3)NCC2C)cn1. The predicted octanol–water partition coefficient (Wildman–Crippen LogP) is 2.05. The molecule has 0 spiro atoms. The normalized spacial score (nSPS) is 31.2. The van der Waals surface area contributed by atoms with Crippen molar-refractivity contribution >= 4 is 0 Å². The molecular formula is C16H25N3O. The first-order valence-corrected chi connectivity index (χ1v) is 7.59. The van der Waals surface area contributed by atoms with Gasteiger partial charge < -0.3 is 10.1 Å². The fourth-order valence-corrected chi connectivity index (χ4v) is 3.21. The topological polar surface area (TPSA) is 37.4 Å². The number of nitrogens with one attached hydrogen (secondary N) is 1. The molecule has 20 heavy (non-hydrogen) atoms. The number of nitrogens with zero attached hydrogens (tertiary/aromatic N) is 2. The average molecular weight is 275 g/mol. The van der Waals surface area contributed by atoms with Gasteiger partial charge in [0.1, 0.15) is 0 Å². The highest BCUT2D eigenvalue weighted by Gasteiger charge is 2.45. The maximum Gasteiger partial charge on any atom is 0.212 e. The van der Waals surface area contributed by atoms with Crippen LogP contribution in [-0.2, 0) is 6.54 Å². The number of aromatic nitrogens is 1. The van der Waals surface area contributed by atoms with Gasteiger partial charge in [-0.2, -0.15) is 0 Å². The Morgan fingerprint density at radius 2 is 2.25 bits per heavy atom. The number of hydrogen-bond acceptors (Lipinski definition) is 4. The van der Waals surface area contributed by atoms with E-state index in [0.717, 1.165) is 25.6 Å². The van der Waals surface area contributed by atoms with Gasteiger partial charge in [-0.05, 0) is 38.2 Å². The molecule has 1 saturated heterocycles. The van der Waals surface area contributed by atoms with E-state index in [1.165, 1.54) is 18.4 Å². The van der Waals surface area contributed by atoms with Gasteiger partial charge in [-0.15, -0.1) is 0 Å². The molecule has 1 aromatic heterocycles. The van der Waals surface area contributed by atoms with Gasteiger partial charge in [0.15, 0.2) is 0 Å². The Balaban J connectivity index is 1.67. The number of ether oxygens (including phenoxy) is 1. The fraction of sp³-hybridized carbons (Fsp3) is 0.688. The van der Waals surface area contributed by atoms with E-state index in [4.69, 9.17) is 4.74 Å². The van der Waals surface area contributed by atoms with Crippen LogP contribution >= 0.6 is 0 Å². The molecule has 2 fully saturated rings. The van der Waals surface area contributed by atoms with E-state index >= 15 is 0 Å². The Bertz CT molecular complexity index is 457. The van der Waals surface area contributed by atoms with Crippen molar-refractivity contribution in [1.82, 2.24) is 15.2 Å². The van der Waals surface area contributed by atoms with Crippen LogP contribution in [0.2, 0.25) is 0 Å². The number of rotatable bonds is 4. The van der Waals surface area contributed by atoms with Gasteiger partial charge in [-0.25, -0.2) is 4.98 Å². The number of hydrogen-bond donors (Lipinski definition) is 1. The zero-order valence-corrected chi connectivity index (χ0v) is 12.7. The molecule has 1 aliphatic heterocycles. The zero-order chi connectivity index (χ0) is 14.2. The number of pyridine rings is 1. The summed E-state index contributed by atoms with van der Waals surface area (Å²) in [4.78, 5) is 6.89. The minimum absolute atomic E-state index is 0.298. The van der Waals surface area contributed by atoms with Crippen LogP contribution in [0.15, 0.2) is 18.3 Å². The van der Waals surface area contributed by atoms with Gasteiger partial charge in [0.2, 0.25) is 5.88 Å². The summed E-state index contributed by atoms with van der Waals surface area (Å²) in [6.45, 7) is 7.87. The molecule has 4 heteroatoms. The molecule has 2 aliphatic rings. The fourth-order valence-electron chi connectivity index (χ4n) is 3.21. The lowest BCUT2D eigenvalue weighted by Crippen LogP contribution is -2.62. The molecule has 3 rings (SSSR count). The van der Waals surface area contributed by atoms with Crippen LogP contribution in [0.5, 0.6) is 5.88 Å². The first-order valence-electron chi connectivity index (χ1n) is 7.59. The quantitative estimate of drug-likeness (QED) is 0.912. The Kier molecular flexibility index (Phi) is 3.69. The summed E-state index contributed by atoms with van der Waals surface area (Å²) < 4.78 is 5.12. The van der Waals surface area contributed by atoms with E-state index in [1.54, 1.807) is 7.11 Å². The smallest absolute Gasteiger partial charge is 0.212 e. The van der Waals surface area contributed by atoms with Crippen molar-refractivity contribution in [2.75, 3.05) is 20.2 Å². The van der Waals surface area contributed by atoms with Gasteiger partial charge in [0.05, 0.1) is 7.11 Å².